The first-order chi connectivity index (χ1) is 8.13. The number of rotatable bonds is 7. The zero-order valence-corrected chi connectivity index (χ0v) is 12.2. The molecule has 0 spiro atoms. The van der Waals surface area contributed by atoms with Crippen molar-refractivity contribution < 1.29 is 4.74 Å². The molecule has 1 heterocycles. The predicted molar refractivity (Wildman–Crippen MR) is 74.8 cm³/mol. The SMILES string of the molecule is CCN(C(C)COC)C(CN)c1ccc(Cl)s1. The zero-order valence-electron chi connectivity index (χ0n) is 10.6. The number of nitrogens with zero attached hydrogens (tertiary/aromatic N) is 1. The molecule has 0 saturated carbocycles. The largest absolute Gasteiger partial charge is 0.383 e. The minimum Gasteiger partial charge on any atom is -0.383 e. The molecule has 0 bridgehead atoms. The number of methoxy groups -OCH3 is 1. The smallest absolute Gasteiger partial charge is 0.0931 e. The Kier molecular flexibility index (Phi) is 6.44. The zero-order chi connectivity index (χ0) is 12.8. The van der Waals surface area contributed by atoms with Crippen LogP contribution in [0.4, 0.5) is 0 Å². The summed E-state index contributed by atoms with van der Waals surface area (Å²) >= 11 is 7.59. The van der Waals surface area contributed by atoms with Crippen molar-refractivity contribution in [1.82, 2.24) is 4.90 Å². The Morgan fingerprint density at radius 1 is 1.53 bits per heavy atom. The molecule has 0 radical (unpaired) electrons. The molecule has 3 nitrogen and oxygen atoms in total. The van der Waals surface area contributed by atoms with Crippen molar-refractivity contribution in [1.29, 1.82) is 0 Å². The van der Waals surface area contributed by atoms with E-state index in [1.165, 1.54) is 4.88 Å². The summed E-state index contributed by atoms with van der Waals surface area (Å²) in [5.41, 5.74) is 5.91. The van der Waals surface area contributed by atoms with Gasteiger partial charge in [-0.3, -0.25) is 4.90 Å². The van der Waals surface area contributed by atoms with E-state index in [0.717, 1.165) is 10.9 Å². The monoisotopic (exact) mass is 276 g/mol. The van der Waals surface area contributed by atoms with Crippen molar-refractivity contribution in [2.24, 2.45) is 5.73 Å². The third-order valence-electron chi connectivity index (χ3n) is 2.89. The van der Waals surface area contributed by atoms with Gasteiger partial charge in [0.1, 0.15) is 0 Å². The fourth-order valence-electron chi connectivity index (χ4n) is 2.10. The van der Waals surface area contributed by atoms with Crippen LogP contribution < -0.4 is 5.73 Å². The van der Waals surface area contributed by atoms with Crippen LogP contribution in [-0.4, -0.2) is 37.7 Å². The third kappa shape index (κ3) is 3.93. The molecular formula is C12H21ClN2OS. The summed E-state index contributed by atoms with van der Waals surface area (Å²) in [5.74, 6) is 0. The summed E-state index contributed by atoms with van der Waals surface area (Å²) in [5, 5.41) is 0. The third-order valence-corrected chi connectivity index (χ3v) is 4.22. The number of hydrogen-bond donors (Lipinski definition) is 1. The van der Waals surface area contributed by atoms with Gasteiger partial charge in [-0.05, 0) is 25.6 Å². The maximum Gasteiger partial charge on any atom is 0.0931 e. The van der Waals surface area contributed by atoms with Gasteiger partial charge >= 0.3 is 0 Å². The molecule has 1 rings (SSSR count). The minimum atomic E-state index is 0.225. The van der Waals surface area contributed by atoms with Gasteiger partial charge in [-0.1, -0.05) is 18.5 Å². The molecular weight excluding hydrogens is 256 g/mol. The van der Waals surface area contributed by atoms with Crippen LogP contribution in [-0.2, 0) is 4.74 Å². The molecule has 1 aromatic heterocycles. The summed E-state index contributed by atoms with van der Waals surface area (Å²) in [6.07, 6.45) is 0. The molecule has 1 aromatic rings. The predicted octanol–water partition coefficient (Wildman–Crippen LogP) is 2.76. The number of ether oxygens (including phenoxy) is 1. The second-order valence-corrected chi connectivity index (χ2v) is 5.77. The highest BCUT2D eigenvalue weighted by molar-refractivity contribution is 7.16. The number of likely N-dealkylation sites (N-methyl/N-ethyl adjacent to an activating group) is 1. The van der Waals surface area contributed by atoms with Crippen LogP contribution in [0.1, 0.15) is 24.8 Å². The molecule has 0 aliphatic carbocycles. The molecule has 17 heavy (non-hydrogen) atoms. The Hall–Kier alpha value is -0.130. The maximum atomic E-state index is 5.98. The van der Waals surface area contributed by atoms with E-state index in [-0.39, 0.29) is 6.04 Å². The topological polar surface area (TPSA) is 38.5 Å². The van der Waals surface area contributed by atoms with E-state index in [0.29, 0.717) is 19.2 Å². The lowest BCUT2D eigenvalue weighted by molar-refractivity contribution is 0.0762. The van der Waals surface area contributed by atoms with Crippen molar-refractivity contribution in [2.75, 3.05) is 26.8 Å². The molecule has 5 heteroatoms. The van der Waals surface area contributed by atoms with Crippen LogP contribution in [0, 0.1) is 0 Å². The van der Waals surface area contributed by atoms with Crippen LogP contribution in [0.5, 0.6) is 0 Å². The van der Waals surface area contributed by atoms with Crippen LogP contribution in [0.25, 0.3) is 0 Å². The van der Waals surface area contributed by atoms with Crippen molar-refractivity contribution in [3.63, 3.8) is 0 Å². The molecule has 2 N–H and O–H groups in total. The second-order valence-electron chi connectivity index (χ2n) is 4.03. The van der Waals surface area contributed by atoms with E-state index in [1.54, 1.807) is 18.4 Å². The average molecular weight is 277 g/mol. The van der Waals surface area contributed by atoms with E-state index in [4.69, 9.17) is 22.1 Å². The van der Waals surface area contributed by atoms with Gasteiger partial charge in [0.05, 0.1) is 17.0 Å². The van der Waals surface area contributed by atoms with E-state index < -0.39 is 0 Å². The number of halogens is 1. The van der Waals surface area contributed by atoms with Crippen LogP contribution >= 0.6 is 22.9 Å². The number of hydrogen-bond acceptors (Lipinski definition) is 4. The Labute approximate surface area is 113 Å². The molecule has 98 valence electrons. The van der Waals surface area contributed by atoms with Gasteiger partial charge in [-0.2, -0.15) is 0 Å². The highest BCUT2D eigenvalue weighted by atomic mass is 35.5. The van der Waals surface area contributed by atoms with Gasteiger partial charge in [-0.25, -0.2) is 0 Å². The van der Waals surface area contributed by atoms with Crippen LogP contribution in [0.2, 0.25) is 4.34 Å². The second kappa shape index (κ2) is 7.34. The Morgan fingerprint density at radius 2 is 2.24 bits per heavy atom. The van der Waals surface area contributed by atoms with Crippen LogP contribution in [0.3, 0.4) is 0 Å². The minimum absolute atomic E-state index is 0.225. The van der Waals surface area contributed by atoms with E-state index in [2.05, 4.69) is 24.8 Å². The number of nitrogens with two attached hydrogens (primary N) is 1. The summed E-state index contributed by atoms with van der Waals surface area (Å²) in [6.45, 7) is 6.55. The molecule has 0 aromatic carbocycles. The lowest BCUT2D eigenvalue weighted by Crippen LogP contribution is -2.41. The fraction of sp³-hybridized carbons (Fsp3) is 0.667. The molecule has 0 aliphatic heterocycles. The summed E-state index contributed by atoms with van der Waals surface area (Å²) in [7, 11) is 1.73. The summed E-state index contributed by atoms with van der Waals surface area (Å²) in [6, 6.07) is 4.56. The first-order valence-electron chi connectivity index (χ1n) is 5.84. The molecule has 2 atom stereocenters. The molecule has 0 amide bonds. The average Bonchev–Trinajstić information content (AvgIpc) is 2.72. The van der Waals surface area contributed by atoms with Gasteiger partial charge < -0.3 is 10.5 Å². The fourth-order valence-corrected chi connectivity index (χ4v) is 3.29. The van der Waals surface area contributed by atoms with Gasteiger partial charge in [0.15, 0.2) is 0 Å². The summed E-state index contributed by atoms with van der Waals surface area (Å²) in [4.78, 5) is 3.58. The number of thiophene rings is 1. The Balaban J connectivity index is 2.83. The molecule has 0 saturated heterocycles. The quantitative estimate of drug-likeness (QED) is 0.832. The normalized spacial score (nSPS) is 15.2. The molecule has 0 fully saturated rings. The van der Waals surface area contributed by atoms with E-state index in [1.807, 2.05) is 6.07 Å². The lowest BCUT2D eigenvalue weighted by Gasteiger charge is -2.34. The first-order valence-corrected chi connectivity index (χ1v) is 7.03. The Morgan fingerprint density at radius 3 is 2.65 bits per heavy atom. The maximum absolute atomic E-state index is 5.98. The van der Waals surface area contributed by atoms with E-state index >= 15 is 0 Å². The van der Waals surface area contributed by atoms with Gasteiger partial charge in [-0.15, -0.1) is 11.3 Å². The summed E-state index contributed by atoms with van der Waals surface area (Å²) < 4.78 is 6.03. The van der Waals surface area contributed by atoms with Gasteiger partial charge in [0, 0.05) is 24.6 Å². The van der Waals surface area contributed by atoms with Crippen molar-refractivity contribution in [3.05, 3.63) is 21.3 Å². The van der Waals surface area contributed by atoms with Crippen molar-refractivity contribution in [3.8, 4) is 0 Å². The first kappa shape index (κ1) is 14.9. The molecule has 0 aliphatic rings. The standard InChI is InChI=1S/C12H21ClN2OS/c1-4-15(9(2)8-16-3)10(7-14)11-5-6-12(13)17-11/h5-6,9-10H,4,7-8,14H2,1-3H3. The Bertz CT molecular complexity index is 332. The lowest BCUT2D eigenvalue weighted by atomic mass is 10.1. The van der Waals surface area contributed by atoms with Crippen molar-refractivity contribution in [2.45, 2.75) is 25.9 Å². The van der Waals surface area contributed by atoms with Gasteiger partial charge in [0.25, 0.3) is 0 Å². The highest BCUT2D eigenvalue weighted by Crippen LogP contribution is 2.30. The van der Waals surface area contributed by atoms with Crippen LogP contribution in [0.15, 0.2) is 12.1 Å². The van der Waals surface area contributed by atoms with Crippen molar-refractivity contribution >= 4 is 22.9 Å². The molecule has 2 unspecified atom stereocenters. The van der Waals surface area contributed by atoms with Gasteiger partial charge in [0.2, 0.25) is 0 Å². The van der Waals surface area contributed by atoms with E-state index in [9.17, 15) is 0 Å². The highest BCUT2D eigenvalue weighted by Gasteiger charge is 2.23.